The minimum atomic E-state index is -0.145. The molecule has 0 fully saturated rings. The van der Waals surface area contributed by atoms with Crippen LogP contribution < -0.4 is 10.6 Å². The van der Waals surface area contributed by atoms with Gasteiger partial charge in [-0.05, 0) is 14.0 Å². The monoisotopic (exact) mass is 169 g/mol. The van der Waals surface area contributed by atoms with Crippen LogP contribution in [0.5, 0.6) is 0 Å². The fraction of sp³-hybridized carbons (Fsp3) is 0.429. The molecule has 12 heavy (non-hydrogen) atoms. The van der Waals surface area contributed by atoms with Gasteiger partial charge in [-0.25, -0.2) is 0 Å². The van der Waals surface area contributed by atoms with Gasteiger partial charge in [-0.2, -0.15) is 0 Å². The van der Waals surface area contributed by atoms with Crippen LogP contribution >= 0.6 is 0 Å². The van der Waals surface area contributed by atoms with Crippen molar-refractivity contribution in [1.82, 2.24) is 10.5 Å². The van der Waals surface area contributed by atoms with Gasteiger partial charge in [0.1, 0.15) is 0 Å². The quantitative estimate of drug-likeness (QED) is 0.675. The lowest BCUT2D eigenvalue weighted by atomic mass is 10.4. The van der Waals surface area contributed by atoms with Gasteiger partial charge in [-0.3, -0.25) is 10.1 Å². The molecule has 0 aliphatic heterocycles. The molecule has 5 nitrogen and oxygen atoms in total. The molecule has 0 bridgehead atoms. The van der Waals surface area contributed by atoms with Gasteiger partial charge in [-0.1, -0.05) is 5.16 Å². The number of hydrogen-bond acceptors (Lipinski definition) is 4. The number of nitrogens with one attached hydrogen (secondary N) is 2. The second-order valence-electron chi connectivity index (χ2n) is 2.41. The topological polar surface area (TPSA) is 67.2 Å². The van der Waals surface area contributed by atoms with E-state index in [0.29, 0.717) is 5.88 Å². The normalized spacial score (nSPS) is 9.83. The molecule has 1 amide bonds. The first kappa shape index (κ1) is 8.73. The summed E-state index contributed by atoms with van der Waals surface area (Å²) in [5.41, 5.74) is 0.745. The zero-order chi connectivity index (χ0) is 8.97. The highest BCUT2D eigenvalue weighted by molar-refractivity contribution is 5.90. The molecule has 0 saturated carbocycles. The second kappa shape index (κ2) is 3.87. The molecule has 0 aliphatic rings. The third-order valence-corrected chi connectivity index (χ3v) is 1.23. The standard InChI is InChI=1S/C7H11N3O2/c1-5-3-7(12-10-5)9-6(11)4-8-2/h3,8H,4H2,1-2H3,(H,9,11). The highest BCUT2D eigenvalue weighted by Crippen LogP contribution is 2.07. The van der Waals surface area contributed by atoms with E-state index in [2.05, 4.69) is 15.8 Å². The van der Waals surface area contributed by atoms with Crippen molar-refractivity contribution >= 4 is 11.8 Å². The van der Waals surface area contributed by atoms with Crippen molar-refractivity contribution in [3.63, 3.8) is 0 Å². The number of aromatic nitrogens is 1. The Bertz CT molecular complexity index is 269. The fourth-order valence-corrected chi connectivity index (χ4v) is 0.765. The van der Waals surface area contributed by atoms with Crippen LogP contribution in [-0.4, -0.2) is 24.7 Å². The first-order valence-electron chi connectivity index (χ1n) is 3.60. The number of carbonyl (C=O) groups excluding carboxylic acids is 1. The Kier molecular flexibility index (Phi) is 2.82. The van der Waals surface area contributed by atoms with E-state index < -0.39 is 0 Å². The van der Waals surface area contributed by atoms with Crippen LogP contribution in [0, 0.1) is 6.92 Å². The third-order valence-electron chi connectivity index (χ3n) is 1.23. The average molecular weight is 169 g/mol. The van der Waals surface area contributed by atoms with E-state index in [1.165, 1.54) is 0 Å². The predicted molar refractivity (Wildman–Crippen MR) is 43.8 cm³/mol. The Morgan fingerprint density at radius 3 is 3.00 bits per heavy atom. The van der Waals surface area contributed by atoms with E-state index in [4.69, 9.17) is 4.52 Å². The lowest BCUT2D eigenvalue weighted by Gasteiger charge is -1.97. The van der Waals surface area contributed by atoms with Gasteiger partial charge < -0.3 is 9.84 Å². The first-order valence-corrected chi connectivity index (χ1v) is 3.60. The molecule has 0 aliphatic carbocycles. The van der Waals surface area contributed by atoms with Gasteiger partial charge in [0.05, 0.1) is 12.2 Å². The summed E-state index contributed by atoms with van der Waals surface area (Å²) < 4.78 is 4.77. The molecule has 0 atom stereocenters. The van der Waals surface area contributed by atoms with Crippen molar-refractivity contribution in [1.29, 1.82) is 0 Å². The maximum atomic E-state index is 11.0. The van der Waals surface area contributed by atoms with Crippen LogP contribution in [0.1, 0.15) is 5.69 Å². The Morgan fingerprint density at radius 1 is 1.75 bits per heavy atom. The van der Waals surface area contributed by atoms with E-state index in [1.54, 1.807) is 20.0 Å². The van der Waals surface area contributed by atoms with Gasteiger partial charge in [0.15, 0.2) is 0 Å². The van der Waals surface area contributed by atoms with E-state index in [1.807, 2.05) is 0 Å². The summed E-state index contributed by atoms with van der Waals surface area (Å²) >= 11 is 0. The molecule has 0 spiro atoms. The molecule has 66 valence electrons. The molecule has 1 heterocycles. The molecular formula is C7H11N3O2. The number of amides is 1. The van der Waals surface area contributed by atoms with Crippen LogP contribution in [0.15, 0.2) is 10.6 Å². The summed E-state index contributed by atoms with van der Waals surface area (Å²) in [7, 11) is 1.70. The number of likely N-dealkylation sites (N-methyl/N-ethyl adjacent to an activating group) is 1. The fourth-order valence-electron chi connectivity index (χ4n) is 0.765. The zero-order valence-electron chi connectivity index (χ0n) is 7.05. The Labute approximate surface area is 70.1 Å². The number of aryl methyl sites for hydroxylation is 1. The lowest BCUT2D eigenvalue weighted by molar-refractivity contribution is -0.115. The molecule has 0 aromatic carbocycles. The highest BCUT2D eigenvalue weighted by atomic mass is 16.5. The molecule has 1 aromatic rings. The van der Waals surface area contributed by atoms with Gasteiger partial charge in [-0.15, -0.1) is 0 Å². The summed E-state index contributed by atoms with van der Waals surface area (Å²) in [6.07, 6.45) is 0. The molecule has 0 radical (unpaired) electrons. The minimum absolute atomic E-state index is 0.145. The van der Waals surface area contributed by atoms with Crippen LogP contribution in [0.25, 0.3) is 0 Å². The number of nitrogens with zero attached hydrogens (tertiary/aromatic N) is 1. The van der Waals surface area contributed by atoms with Gasteiger partial charge >= 0.3 is 0 Å². The number of anilines is 1. The van der Waals surface area contributed by atoms with Crippen LogP contribution in [0.3, 0.4) is 0 Å². The Balaban J connectivity index is 2.46. The zero-order valence-corrected chi connectivity index (χ0v) is 7.05. The van der Waals surface area contributed by atoms with E-state index in [-0.39, 0.29) is 12.5 Å². The van der Waals surface area contributed by atoms with E-state index in [9.17, 15) is 4.79 Å². The summed E-state index contributed by atoms with van der Waals surface area (Å²) in [6.45, 7) is 2.05. The third kappa shape index (κ3) is 2.35. The molecule has 1 rings (SSSR count). The van der Waals surface area contributed by atoms with Crippen molar-refractivity contribution in [2.75, 3.05) is 18.9 Å². The highest BCUT2D eigenvalue weighted by Gasteiger charge is 2.03. The van der Waals surface area contributed by atoms with Crippen LogP contribution in [-0.2, 0) is 4.79 Å². The molecule has 5 heteroatoms. The van der Waals surface area contributed by atoms with Crippen molar-refractivity contribution < 1.29 is 9.32 Å². The first-order chi connectivity index (χ1) is 5.72. The van der Waals surface area contributed by atoms with Gasteiger partial charge in [0.25, 0.3) is 0 Å². The molecule has 0 saturated heterocycles. The molecule has 2 N–H and O–H groups in total. The van der Waals surface area contributed by atoms with Crippen LogP contribution in [0.2, 0.25) is 0 Å². The van der Waals surface area contributed by atoms with Crippen molar-refractivity contribution in [2.45, 2.75) is 6.92 Å². The van der Waals surface area contributed by atoms with Crippen molar-refractivity contribution in [3.8, 4) is 0 Å². The maximum Gasteiger partial charge on any atom is 0.240 e. The summed E-state index contributed by atoms with van der Waals surface area (Å²) in [5.74, 6) is 0.237. The van der Waals surface area contributed by atoms with Crippen molar-refractivity contribution in [2.24, 2.45) is 0 Å². The summed E-state index contributed by atoms with van der Waals surface area (Å²) in [5, 5.41) is 8.87. The Hall–Kier alpha value is -1.36. The molecule has 1 aromatic heterocycles. The predicted octanol–water partition coefficient (Wildman–Crippen LogP) is 0.141. The molecular weight excluding hydrogens is 158 g/mol. The average Bonchev–Trinajstić information content (AvgIpc) is 2.36. The number of rotatable bonds is 3. The number of hydrogen-bond donors (Lipinski definition) is 2. The van der Waals surface area contributed by atoms with Crippen LogP contribution in [0.4, 0.5) is 5.88 Å². The largest absolute Gasteiger partial charge is 0.338 e. The SMILES string of the molecule is CNCC(=O)Nc1cc(C)no1. The van der Waals surface area contributed by atoms with Gasteiger partial charge in [0.2, 0.25) is 11.8 Å². The second-order valence-corrected chi connectivity index (χ2v) is 2.41. The van der Waals surface area contributed by atoms with Crippen molar-refractivity contribution in [3.05, 3.63) is 11.8 Å². The molecule has 0 unspecified atom stereocenters. The summed E-state index contributed by atoms with van der Waals surface area (Å²) in [6, 6.07) is 1.66. The van der Waals surface area contributed by atoms with E-state index in [0.717, 1.165) is 5.69 Å². The van der Waals surface area contributed by atoms with E-state index >= 15 is 0 Å². The smallest absolute Gasteiger partial charge is 0.240 e. The van der Waals surface area contributed by atoms with Gasteiger partial charge in [0, 0.05) is 6.07 Å². The lowest BCUT2D eigenvalue weighted by Crippen LogP contribution is -2.24. The number of carbonyl (C=O) groups is 1. The summed E-state index contributed by atoms with van der Waals surface area (Å²) in [4.78, 5) is 11.0. The minimum Gasteiger partial charge on any atom is -0.338 e. The Morgan fingerprint density at radius 2 is 2.50 bits per heavy atom. The maximum absolute atomic E-state index is 11.0.